The molecule has 0 spiro atoms. The van der Waals surface area contributed by atoms with Crippen molar-refractivity contribution in [1.29, 1.82) is 0 Å². The first-order chi connectivity index (χ1) is 19.6. The van der Waals surface area contributed by atoms with Crippen LogP contribution in [-0.4, -0.2) is 36.5 Å². The lowest BCUT2D eigenvalue weighted by Gasteiger charge is -2.23. The van der Waals surface area contributed by atoms with E-state index in [9.17, 15) is 33.2 Å². The zero-order chi connectivity index (χ0) is 29.1. The highest BCUT2D eigenvalue weighted by molar-refractivity contribution is 7.89. The van der Waals surface area contributed by atoms with Gasteiger partial charge >= 0.3 is 5.97 Å². The third-order valence-electron chi connectivity index (χ3n) is 7.61. The molecule has 1 saturated carbocycles. The number of pyridine rings is 1. The number of methoxy groups -OCH3 is 1. The van der Waals surface area contributed by atoms with E-state index in [1.807, 2.05) is 6.07 Å². The van der Waals surface area contributed by atoms with E-state index >= 15 is 0 Å². The number of carboxylic acid groups (broad SMARTS) is 1. The van der Waals surface area contributed by atoms with Crippen LogP contribution in [0.5, 0.6) is 5.75 Å². The van der Waals surface area contributed by atoms with Crippen LogP contribution >= 0.6 is 11.3 Å². The number of H-pyrrole nitrogens is 1. The molecule has 4 aromatic rings. The smallest absolute Gasteiger partial charge is 0.341 e. The van der Waals surface area contributed by atoms with Crippen molar-refractivity contribution in [2.24, 2.45) is 0 Å². The van der Waals surface area contributed by atoms with Gasteiger partial charge in [-0.1, -0.05) is 6.07 Å². The van der Waals surface area contributed by atoms with Gasteiger partial charge in [0.05, 0.1) is 27.8 Å². The summed E-state index contributed by atoms with van der Waals surface area (Å²) in [6.45, 7) is 0. The minimum Gasteiger partial charge on any atom is -0.494 e. The first-order valence-corrected chi connectivity index (χ1v) is 15.3. The number of benzene rings is 2. The highest BCUT2D eigenvalue weighted by Crippen LogP contribution is 2.52. The normalized spacial score (nSPS) is 16.9. The zero-order valence-electron chi connectivity index (χ0n) is 21.8. The molecule has 3 N–H and O–H groups in total. The van der Waals surface area contributed by atoms with E-state index < -0.39 is 32.4 Å². The number of carboxylic acids is 1. The first-order valence-electron chi connectivity index (χ1n) is 13.0. The number of hydrogen-bond acceptors (Lipinski definition) is 8. The van der Waals surface area contributed by atoms with Crippen LogP contribution < -0.4 is 14.9 Å². The van der Waals surface area contributed by atoms with Gasteiger partial charge in [0.15, 0.2) is 5.75 Å². The Kier molecular flexibility index (Phi) is 6.67. The molecule has 13 heteroatoms. The molecule has 0 amide bonds. The molecule has 2 heterocycles. The second-order valence-electron chi connectivity index (χ2n) is 10.2. The van der Waals surface area contributed by atoms with Crippen LogP contribution in [0.2, 0.25) is 0 Å². The molecule has 41 heavy (non-hydrogen) atoms. The Labute approximate surface area is 238 Å². The number of nitro benzene ring substituents is 1. The summed E-state index contributed by atoms with van der Waals surface area (Å²) in [4.78, 5) is 39.8. The Balaban J connectivity index is 1.45. The van der Waals surface area contributed by atoms with Crippen molar-refractivity contribution in [2.75, 3.05) is 7.11 Å². The number of aryl methyl sites for hydroxylation is 1. The Morgan fingerprint density at radius 3 is 2.66 bits per heavy atom. The van der Waals surface area contributed by atoms with Crippen molar-refractivity contribution < 1.29 is 28.0 Å². The Bertz CT molecular complexity index is 1910. The van der Waals surface area contributed by atoms with Crippen LogP contribution in [0.25, 0.3) is 21.3 Å². The third kappa shape index (κ3) is 4.79. The second kappa shape index (κ2) is 10.1. The predicted octanol–water partition coefficient (Wildman–Crippen LogP) is 5.10. The summed E-state index contributed by atoms with van der Waals surface area (Å²) in [5, 5.41) is 20.9. The van der Waals surface area contributed by atoms with Gasteiger partial charge in [-0.05, 0) is 67.3 Å². The lowest BCUT2D eigenvalue weighted by molar-refractivity contribution is -0.385. The van der Waals surface area contributed by atoms with Gasteiger partial charge in [0.2, 0.25) is 15.5 Å². The van der Waals surface area contributed by atoms with E-state index in [1.165, 1.54) is 42.8 Å². The topological polar surface area (TPSA) is 169 Å². The Morgan fingerprint density at radius 2 is 1.98 bits per heavy atom. The number of ether oxygens (including phenoxy) is 1. The molecule has 2 aromatic heterocycles. The van der Waals surface area contributed by atoms with Crippen molar-refractivity contribution in [3.8, 4) is 16.2 Å². The van der Waals surface area contributed by atoms with Gasteiger partial charge in [-0.3, -0.25) is 14.9 Å². The zero-order valence-corrected chi connectivity index (χ0v) is 23.4. The van der Waals surface area contributed by atoms with Crippen LogP contribution in [0.1, 0.15) is 64.0 Å². The van der Waals surface area contributed by atoms with Gasteiger partial charge in [-0.25, -0.2) is 17.9 Å². The van der Waals surface area contributed by atoms with Crippen LogP contribution in [0.15, 0.2) is 52.3 Å². The number of sulfonamides is 1. The number of rotatable bonds is 8. The van der Waals surface area contributed by atoms with Crippen molar-refractivity contribution >= 4 is 43.9 Å². The first kappa shape index (κ1) is 27.1. The van der Waals surface area contributed by atoms with Crippen molar-refractivity contribution in [3.63, 3.8) is 0 Å². The van der Waals surface area contributed by atoms with Gasteiger partial charge in [0.1, 0.15) is 5.56 Å². The maximum atomic E-state index is 13.2. The average molecular weight is 596 g/mol. The lowest BCUT2D eigenvalue weighted by atomic mass is 9.92. The quantitative estimate of drug-likeness (QED) is 0.187. The Morgan fingerprint density at radius 1 is 1.20 bits per heavy atom. The van der Waals surface area contributed by atoms with Gasteiger partial charge < -0.3 is 14.8 Å². The van der Waals surface area contributed by atoms with Gasteiger partial charge in [-0.15, -0.1) is 11.3 Å². The standard InChI is InChI=1S/C28H25N3O8S2/c1-39-27-24(17(14-8-9-14)11-19-25(27)29-13-20(26(19)32)28(33)34)23-12-18-21(6-3-7-22(18)40-23)30-41(37,38)16-5-2-4-15(10-16)31(35)36/h2,4-5,10-14,21,30H,3,6-9H2,1H3,(H,29,32)(H,33,34). The summed E-state index contributed by atoms with van der Waals surface area (Å²) in [6, 6.07) is 8.15. The number of non-ortho nitro benzene ring substituents is 1. The van der Waals surface area contributed by atoms with Crippen LogP contribution in [0.4, 0.5) is 5.69 Å². The van der Waals surface area contributed by atoms with E-state index in [-0.39, 0.29) is 27.5 Å². The molecule has 0 aliphatic heterocycles. The summed E-state index contributed by atoms with van der Waals surface area (Å²) in [7, 11) is -2.54. The van der Waals surface area contributed by atoms with E-state index in [0.717, 1.165) is 58.2 Å². The molecule has 6 rings (SSSR count). The number of aromatic nitrogens is 1. The van der Waals surface area contributed by atoms with Gasteiger partial charge in [-0.2, -0.15) is 0 Å². The summed E-state index contributed by atoms with van der Waals surface area (Å²) in [5.74, 6) is -0.682. The molecule has 11 nitrogen and oxygen atoms in total. The highest BCUT2D eigenvalue weighted by Gasteiger charge is 2.34. The number of aromatic carboxylic acids is 1. The summed E-state index contributed by atoms with van der Waals surface area (Å²) < 4.78 is 35.1. The molecule has 1 atom stereocenters. The fourth-order valence-electron chi connectivity index (χ4n) is 5.51. The number of nitro groups is 1. The van der Waals surface area contributed by atoms with E-state index in [4.69, 9.17) is 4.74 Å². The fourth-order valence-corrected chi connectivity index (χ4v) is 8.13. The predicted molar refractivity (Wildman–Crippen MR) is 152 cm³/mol. The maximum Gasteiger partial charge on any atom is 0.341 e. The second-order valence-corrected chi connectivity index (χ2v) is 13.1. The minimum absolute atomic E-state index is 0.175. The molecule has 1 unspecified atom stereocenters. The van der Waals surface area contributed by atoms with Crippen LogP contribution in [-0.2, 0) is 16.4 Å². The summed E-state index contributed by atoms with van der Waals surface area (Å²) >= 11 is 1.54. The largest absolute Gasteiger partial charge is 0.494 e. The Hall–Kier alpha value is -4.07. The van der Waals surface area contributed by atoms with E-state index in [2.05, 4.69) is 9.71 Å². The van der Waals surface area contributed by atoms with Crippen LogP contribution in [0.3, 0.4) is 0 Å². The molecule has 1 fully saturated rings. The molecular formula is C28H25N3O8S2. The fraction of sp³-hybridized carbons (Fsp3) is 0.286. The molecular weight excluding hydrogens is 570 g/mol. The number of fused-ring (bicyclic) bond motifs is 2. The molecule has 0 radical (unpaired) electrons. The number of hydrogen-bond donors (Lipinski definition) is 3. The molecule has 2 aliphatic rings. The lowest BCUT2D eigenvalue weighted by Crippen LogP contribution is -2.30. The molecule has 0 saturated heterocycles. The average Bonchev–Trinajstić information content (AvgIpc) is 3.70. The number of nitrogens with one attached hydrogen (secondary N) is 2. The summed E-state index contributed by atoms with van der Waals surface area (Å²) in [5.41, 5.74) is 1.70. The monoisotopic (exact) mass is 595 g/mol. The number of carbonyl (C=O) groups is 1. The van der Waals surface area contributed by atoms with Crippen LogP contribution in [0, 0.1) is 10.1 Å². The number of aromatic amines is 1. The minimum atomic E-state index is -4.05. The van der Waals surface area contributed by atoms with Gasteiger partial charge in [0.25, 0.3) is 5.69 Å². The van der Waals surface area contributed by atoms with Crippen molar-refractivity contribution in [1.82, 2.24) is 9.71 Å². The molecule has 0 bridgehead atoms. The molecule has 212 valence electrons. The van der Waals surface area contributed by atoms with Gasteiger partial charge in [0, 0.05) is 39.7 Å². The maximum absolute atomic E-state index is 13.2. The SMILES string of the molecule is COc1c(-c2cc3c(s2)CCCC3NS(=O)(=O)c2cccc([N+](=O)[O-])c2)c(C2CC2)cc2c(=O)c(C(=O)O)c[nH]c12. The van der Waals surface area contributed by atoms with E-state index in [1.54, 1.807) is 6.07 Å². The van der Waals surface area contributed by atoms with Crippen molar-refractivity contribution in [2.45, 2.75) is 49.0 Å². The third-order valence-corrected chi connectivity index (χ3v) is 10.3. The highest BCUT2D eigenvalue weighted by atomic mass is 32.2. The van der Waals surface area contributed by atoms with E-state index in [0.29, 0.717) is 17.7 Å². The number of thiophene rings is 1. The summed E-state index contributed by atoms with van der Waals surface area (Å²) in [6.07, 6.45) is 5.11. The molecule has 2 aliphatic carbocycles. The molecule has 2 aromatic carbocycles. The van der Waals surface area contributed by atoms with Crippen molar-refractivity contribution in [3.05, 3.63) is 84.5 Å². The number of nitrogens with zero attached hydrogens (tertiary/aromatic N) is 1.